The third kappa shape index (κ3) is 5.82. The summed E-state index contributed by atoms with van der Waals surface area (Å²) in [5.74, 6) is -0.806. The van der Waals surface area contributed by atoms with Crippen molar-refractivity contribution in [3.8, 4) is 0 Å². The molecule has 0 spiro atoms. The highest BCUT2D eigenvalue weighted by atomic mass is 32.2. The Bertz CT molecular complexity index is 764. The van der Waals surface area contributed by atoms with E-state index in [1.54, 1.807) is 6.92 Å². The number of nitrogens with one attached hydrogen (secondary N) is 3. The van der Waals surface area contributed by atoms with Crippen molar-refractivity contribution in [2.24, 2.45) is 0 Å². The van der Waals surface area contributed by atoms with Crippen molar-refractivity contribution < 1.29 is 18.0 Å². The van der Waals surface area contributed by atoms with Crippen molar-refractivity contribution in [1.29, 1.82) is 0 Å². The fourth-order valence-corrected chi connectivity index (χ4v) is 3.47. The van der Waals surface area contributed by atoms with Gasteiger partial charge in [0.05, 0.1) is 4.90 Å². The zero-order valence-corrected chi connectivity index (χ0v) is 15.7. The minimum atomic E-state index is -3.63. The second-order valence-corrected chi connectivity index (χ2v) is 9.07. The number of sulfonamides is 1. The Morgan fingerprint density at radius 3 is 2.40 bits per heavy atom. The second-order valence-electron chi connectivity index (χ2n) is 7.36. The molecule has 25 heavy (non-hydrogen) atoms. The van der Waals surface area contributed by atoms with Crippen LogP contribution in [0.3, 0.4) is 0 Å². The van der Waals surface area contributed by atoms with Gasteiger partial charge in [0.15, 0.2) is 0 Å². The minimum Gasteiger partial charge on any atom is -0.350 e. The largest absolute Gasteiger partial charge is 0.350 e. The van der Waals surface area contributed by atoms with Gasteiger partial charge in [-0.25, -0.2) is 13.1 Å². The van der Waals surface area contributed by atoms with Gasteiger partial charge in [-0.2, -0.15) is 0 Å². The van der Waals surface area contributed by atoms with E-state index in [-0.39, 0.29) is 22.4 Å². The number of hydrogen-bond donors (Lipinski definition) is 3. The highest BCUT2D eigenvalue weighted by molar-refractivity contribution is 7.89. The molecule has 0 bridgehead atoms. The molecule has 1 aromatic carbocycles. The van der Waals surface area contributed by atoms with E-state index >= 15 is 0 Å². The maximum atomic E-state index is 12.3. The molecular formula is C17H25N3O4S. The average molecular weight is 367 g/mol. The molecule has 2 amide bonds. The van der Waals surface area contributed by atoms with Crippen LogP contribution in [0.1, 0.15) is 50.9 Å². The second kappa shape index (κ2) is 7.13. The molecule has 1 fully saturated rings. The van der Waals surface area contributed by atoms with Gasteiger partial charge >= 0.3 is 0 Å². The molecule has 1 atom stereocenters. The van der Waals surface area contributed by atoms with Crippen LogP contribution >= 0.6 is 0 Å². The monoisotopic (exact) mass is 367 g/mol. The summed E-state index contributed by atoms with van der Waals surface area (Å²) in [5, 5.41) is 5.36. The minimum absolute atomic E-state index is 0.0106. The number of hydrogen-bond acceptors (Lipinski definition) is 4. The Hall–Kier alpha value is -1.93. The highest BCUT2D eigenvalue weighted by Crippen LogP contribution is 2.22. The normalized spacial score (nSPS) is 16.2. The third-order valence-corrected chi connectivity index (χ3v) is 5.06. The molecule has 1 unspecified atom stereocenters. The topological polar surface area (TPSA) is 104 Å². The summed E-state index contributed by atoms with van der Waals surface area (Å²) in [6.45, 7) is 7.12. The van der Waals surface area contributed by atoms with Gasteiger partial charge in [-0.3, -0.25) is 9.59 Å². The Morgan fingerprint density at radius 2 is 1.84 bits per heavy atom. The van der Waals surface area contributed by atoms with Crippen LogP contribution in [0.25, 0.3) is 0 Å². The van der Waals surface area contributed by atoms with Crippen LogP contribution < -0.4 is 15.4 Å². The summed E-state index contributed by atoms with van der Waals surface area (Å²) < 4.78 is 27.0. The predicted octanol–water partition coefficient (Wildman–Crippen LogP) is 1.16. The summed E-state index contributed by atoms with van der Waals surface area (Å²) in [6, 6.07) is 5.03. The lowest BCUT2D eigenvalue weighted by molar-refractivity contribution is -0.124. The molecule has 0 saturated heterocycles. The number of amides is 2. The number of rotatable bonds is 6. The third-order valence-electron chi connectivity index (χ3n) is 3.54. The molecule has 1 aliphatic carbocycles. The molecule has 3 N–H and O–H groups in total. The van der Waals surface area contributed by atoms with E-state index in [9.17, 15) is 18.0 Å². The molecule has 8 heteroatoms. The smallest absolute Gasteiger partial charge is 0.251 e. The van der Waals surface area contributed by atoms with Gasteiger partial charge in [0.25, 0.3) is 5.91 Å². The predicted molar refractivity (Wildman–Crippen MR) is 94.6 cm³/mol. The van der Waals surface area contributed by atoms with Crippen molar-refractivity contribution in [1.82, 2.24) is 15.4 Å². The zero-order valence-electron chi connectivity index (χ0n) is 14.9. The van der Waals surface area contributed by atoms with Crippen molar-refractivity contribution >= 4 is 21.8 Å². The molecular weight excluding hydrogens is 342 g/mol. The lowest BCUT2D eigenvalue weighted by atomic mass is 10.1. The molecule has 138 valence electrons. The van der Waals surface area contributed by atoms with Crippen LogP contribution in [0.5, 0.6) is 0 Å². The van der Waals surface area contributed by atoms with Gasteiger partial charge in [0.2, 0.25) is 15.9 Å². The molecule has 0 aliphatic heterocycles. The van der Waals surface area contributed by atoms with E-state index in [0.29, 0.717) is 0 Å². The van der Waals surface area contributed by atoms with Gasteiger partial charge < -0.3 is 10.6 Å². The van der Waals surface area contributed by atoms with Crippen molar-refractivity contribution in [2.45, 2.75) is 63.1 Å². The summed E-state index contributed by atoms with van der Waals surface area (Å²) in [4.78, 5) is 24.4. The summed E-state index contributed by atoms with van der Waals surface area (Å²) >= 11 is 0. The number of carbonyl (C=O) groups excluding carboxylic acids is 2. The first-order chi connectivity index (χ1) is 11.5. The van der Waals surface area contributed by atoms with Crippen molar-refractivity contribution in [3.63, 3.8) is 0 Å². The summed E-state index contributed by atoms with van der Waals surface area (Å²) in [7, 11) is -3.63. The molecule has 2 rings (SSSR count). The fourth-order valence-electron chi connectivity index (χ4n) is 2.12. The number of benzene rings is 1. The van der Waals surface area contributed by atoms with Crippen molar-refractivity contribution in [2.75, 3.05) is 0 Å². The van der Waals surface area contributed by atoms with Gasteiger partial charge in [0, 0.05) is 17.1 Å². The van der Waals surface area contributed by atoms with Crippen LogP contribution in [0.15, 0.2) is 29.2 Å². The summed E-state index contributed by atoms with van der Waals surface area (Å²) in [5.41, 5.74) is -0.215. The van der Waals surface area contributed by atoms with Crippen LogP contribution in [0, 0.1) is 0 Å². The van der Waals surface area contributed by atoms with Crippen LogP contribution in [-0.2, 0) is 14.8 Å². The first-order valence-corrected chi connectivity index (χ1v) is 9.71. The van der Waals surface area contributed by atoms with Gasteiger partial charge in [-0.1, -0.05) is 6.07 Å². The van der Waals surface area contributed by atoms with Crippen molar-refractivity contribution in [3.05, 3.63) is 29.8 Å². The first-order valence-electron chi connectivity index (χ1n) is 8.23. The Balaban J connectivity index is 2.07. The fraction of sp³-hybridized carbons (Fsp3) is 0.529. The maximum absolute atomic E-state index is 12.3. The molecule has 1 saturated carbocycles. The van der Waals surface area contributed by atoms with E-state index < -0.39 is 27.5 Å². The Kier molecular flexibility index (Phi) is 5.53. The van der Waals surface area contributed by atoms with Crippen LogP contribution in [0.4, 0.5) is 0 Å². The molecule has 0 radical (unpaired) electrons. The van der Waals surface area contributed by atoms with Gasteiger partial charge in [0.1, 0.15) is 6.04 Å². The van der Waals surface area contributed by atoms with Crippen LogP contribution in [0.2, 0.25) is 0 Å². The molecule has 1 aromatic rings. The lowest BCUT2D eigenvalue weighted by Crippen LogP contribution is -2.50. The maximum Gasteiger partial charge on any atom is 0.251 e. The zero-order chi connectivity index (χ0) is 18.8. The molecule has 7 nitrogen and oxygen atoms in total. The quantitative estimate of drug-likeness (QED) is 0.702. The standard InChI is InChI=1S/C17H25N3O4S/c1-11(15(21)19-17(2,3)4)18-16(22)12-6-5-7-14(10-12)25(23,24)20-13-8-9-13/h5-7,10-11,13,20H,8-9H2,1-4H3,(H,18,22)(H,19,21). The van der Waals surface area contributed by atoms with Gasteiger partial charge in [-0.15, -0.1) is 0 Å². The highest BCUT2D eigenvalue weighted by Gasteiger charge is 2.28. The Morgan fingerprint density at radius 1 is 1.20 bits per heavy atom. The molecule has 0 aromatic heterocycles. The SMILES string of the molecule is CC(NC(=O)c1cccc(S(=O)(=O)NC2CC2)c1)C(=O)NC(C)(C)C. The first kappa shape index (κ1) is 19.4. The molecule has 1 aliphatic rings. The van der Waals surface area contributed by atoms with Gasteiger partial charge in [-0.05, 0) is 58.7 Å². The molecule has 0 heterocycles. The van der Waals surface area contributed by atoms with E-state index in [4.69, 9.17) is 0 Å². The van der Waals surface area contributed by atoms with E-state index in [1.807, 2.05) is 20.8 Å². The van der Waals surface area contributed by atoms with E-state index in [1.165, 1.54) is 24.3 Å². The van der Waals surface area contributed by atoms with Crippen LogP contribution in [-0.4, -0.2) is 37.9 Å². The number of carbonyl (C=O) groups is 2. The van der Waals surface area contributed by atoms with E-state index in [0.717, 1.165) is 12.8 Å². The Labute approximate surface area is 148 Å². The lowest BCUT2D eigenvalue weighted by Gasteiger charge is -2.23. The summed E-state index contributed by atoms with van der Waals surface area (Å²) in [6.07, 6.45) is 1.67. The van der Waals surface area contributed by atoms with E-state index in [2.05, 4.69) is 15.4 Å². The average Bonchev–Trinajstić information content (AvgIpc) is 3.28.